The van der Waals surface area contributed by atoms with Crippen LogP contribution in [0.1, 0.15) is 5.56 Å². The van der Waals surface area contributed by atoms with Crippen LogP contribution in [0.25, 0.3) is 10.4 Å². The Morgan fingerprint density at radius 1 is 1.40 bits per heavy atom. The summed E-state index contributed by atoms with van der Waals surface area (Å²) in [6.07, 6.45) is 1.61. The summed E-state index contributed by atoms with van der Waals surface area (Å²) >= 11 is 4.94. The van der Waals surface area contributed by atoms with Crippen LogP contribution in [-0.4, -0.2) is 4.98 Å². The van der Waals surface area contributed by atoms with E-state index in [0.717, 1.165) is 14.2 Å². The van der Waals surface area contributed by atoms with Crippen molar-refractivity contribution in [2.24, 2.45) is 0 Å². The molecule has 3 nitrogen and oxygen atoms in total. The minimum absolute atomic E-state index is 0.277. The molecule has 2 rings (SSSR count). The van der Waals surface area contributed by atoms with Crippen LogP contribution < -0.4 is 5.73 Å². The van der Waals surface area contributed by atoms with Gasteiger partial charge in [0.2, 0.25) is 0 Å². The first-order valence-corrected chi connectivity index (χ1v) is 5.73. The molecule has 0 saturated heterocycles. The molecule has 0 saturated carbocycles. The van der Waals surface area contributed by atoms with Gasteiger partial charge in [-0.1, -0.05) is 0 Å². The summed E-state index contributed by atoms with van der Waals surface area (Å²) in [5.74, 6) is 0.277. The fourth-order valence-electron chi connectivity index (χ4n) is 1.26. The quantitative estimate of drug-likeness (QED) is 0.873. The maximum atomic E-state index is 8.99. The average Bonchev–Trinajstić information content (AvgIpc) is 2.64. The largest absolute Gasteiger partial charge is 0.383 e. The second-order valence-electron chi connectivity index (χ2n) is 2.83. The van der Waals surface area contributed by atoms with Gasteiger partial charge in [-0.3, -0.25) is 0 Å². The van der Waals surface area contributed by atoms with E-state index in [0.29, 0.717) is 5.56 Å². The van der Waals surface area contributed by atoms with E-state index in [2.05, 4.69) is 27.0 Å². The van der Waals surface area contributed by atoms with E-state index in [9.17, 15) is 0 Å². The third-order valence-electron chi connectivity index (χ3n) is 1.93. The Bertz CT molecular complexity index is 542. The van der Waals surface area contributed by atoms with Crippen LogP contribution in [0.2, 0.25) is 0 Å². The van der Waals surface area contributed by atoms with Crippen molar-refractivity contribution in [3.05, 3.63) is 33.7 Å². The van der Waals surface area contributed by atoms with Crippen molar-refractivity contribution in [2.45, 2.75) is 0 Å². The van der Waals surface area contributed by atoms with Crippen molar-refractivity contribution >= 4 is 33.1 Å². The Labute approximate surface area is 99.3 Å². The van der Waals surface area contributed by atoms with Crippen LogP contribution in [0.5, 0.6) is 0 Å². The lowest BCUT2D eigenvalue weighted by Crippen LogP contribution is -1.95. The Hall–Kier alpha value is -1.38. The van der Waals surface area contributed by atoms with Gasteiger partial charge in [0, 0.05) is 16.6 Å². The number of nitrogen functional groups attached to an aromatic ring is 1. The molecule has 0 aliphatic carbocycles. The molecular formula is C10H6BrN3S. The Balaban J connectivity index is 2.63. The molecule has 2 aromatic rings. The second-order valence-corrected chi connectivity index (χ2v) is 5.30. The molecule has 2 heterocycles. The molecule has 0 radical (unpaired) electrons. The molecule has 5 heteroatoms. The van der Waals surface area contributed by atoms with Crippen LogP contribution in [0.15, 0.2) is 28.2 Å². The lowest BCUT2D eigenvalue weighted by molar-refractivity contribution is 1.31. The third kappa shape index (κ3) is 1.87. The highest BCUT2D eigenvalue weighted by molar-refractivity contribution is 9.11. The van der Waals surface area contributed by atoms with Gasteiger partial charge in [0.15, 0.2) is 0 Å². The summed E-state index contributed by atoms with van der Waals surface area (Å²) in [7, 11) is 0. The predicted octanol–water partition coefficient (Wildman–Crippen LogP) is 3.03. The number of nitrogens with two attached hydrogens (primary N) is 1. The Morgan fingerprint density at radius 3 is 2.80 bits per heavy atom. The monoisotopic (exact) mass is 279 g/mol. The van der Waals surface area contributed by atoms with Crippen molar-refractivity contribution in [3.8, 4) is 16.5 Å². The van der Waals surface area contributed by atoms with Crippen molar-refractivity contribution in [3.63, 3.8) is 0 Å². The van der Waals surface area contributed by atoms with Gasteiger partial charge in [0.1, 0.15) is 17.5 Å². The molecule has 2 aromatic heterocycles. The van der Waals surface area contributed by atoms with Gasteiger partial charge >= 0.3 is 0 Å². The molecule has 0 fully saturated rings. The van der Waals surface area contributed by atoms with Gasteiger partial charge in [-0.2, -0.15) is 5.26 Å². The Kier molecular flexibility index (Phi) is 2.71. The number of pyridine rings is 1. The van der Waals surface area contributed by atoms with Crippen LogP contribution in [-0.2, 0) is 0 Å². The topological polar surface area (TPSA) is 62.7 Å². The third-order valence-corrected chi connectivity index (χ3v) is 3.59. The Morgan fingerprint density at radius 2 is 2.20 bits per heavy atom. The van der Waals surface area contributed by atoms with E-state index in [-0.39, 0.29) is 5.82 Å². The maximum Gasteiger partial charge on any atom is 0.141 e. The number of hydrogen-bond donors (Lipinski definition) is 1. The molecular weight excluding hydrogens is 274 g/mol. The zero-order valence-electron chi connectivity index (χ0n) is 7.57. The molecule has 0 spiro atoms. The van der Waals surface area contributed by atoms with E-state index in [1.165, 1.54) is 0 Å². The summed E-state index contributed by atoms with van der Waals surface area (Å²) in [4.78, 5) is 4.90. The zero-order chi connectivity index (χ0) is 10.8. The predicted molar refractivity (Wildman–Crippen MR) is 64.4 cm³/mol. The normalized spacial score (nSPS) is 9.87. The molecule has 0 aliphatic heterocycles. The highest BCUT2D eigenvalue weighted by atomic mass is 79.9. The minimum atomic E-state index is 0.277. The van der Waals surface area contributed by atoms with Crippen molar-refractivity contribution in [1.82, 2.24) is 4.98 Å². The molecule has 2 N–H and O–H groups in total. The minimum Gasteiger partial charge on any atom is -0.383 e. The highest BCUT2D eigenvalue weighted by Crippen LogP contribution is 2.34. The van der Waals surface area contributed by atoms with Crippen molar-refractivity contribution in [1.29, 1.82) is 5.26 Å². The summed E-state index contributed by atoms with van der Waals surface area (Å²) in [5.41, 5.74) is 6.91. The summed E-state index contributed by atoms with van der Waals surface area (Å²) < 4.78 is 1.02. The molecule has 15 heavy (non-hydrogen) atoms. The fraction of sp³-hybridized carbons (Fsp3) is 0. The number of thiophene rings is 1. The van der Waals surface area contributed by atoms with Gasteiger partial charge in [-0.15, -0.1) is 11.3 Å². The number of rotatable bonds is 1. The smallest absolute Gasteiger partial charge is 0.141 e. The van der Waals surface area contributed by atoms with E-state index in [4.69, 9.17) is 11.0 Å². The van der Waals surface area contributed by atoms with E-state index >= 15 is 0 Å². The number of hydrogen-bond acceptors (Lipinski definition) is 4. The van der Waals surface area contributed by atoms with Crippen LogP contribution in [0.4, 0.5) is 5.82 Å². The first-order chi connectivity index (χ1) is 7.22. The van der Waals surface area contributed by atoms with E-state index in [1.54, 1.807) is 23.6 Å². The molecule has 0 unspecified atom stereocenters. The summed E-state index contributed by atoms with van der Waals surface area (Å²) in [6, 6.07) is 7.77. The van der Waals surface area contributed by atoms with Crippen molar-refractivity contribution in [2.75, 3.05) is 5.73 Å². The van der Waals surface area contributed by atoms with Gasteiger partial charge in [-0.05, 0) is 34.1 Å². The summed E-state index contributed by atoms with van der Waals surface area (Å²) in [5, 5.41) is 8.99. The number of nitriles is 1. The molecule has 0 aromatic carbocycles. The number of aromatic nitrogens is 1. The lowest BCUT2D eigenvalue weighted by Gasteiger charge is -2.02. The van der Waals surface area contributed by atoms with Gasteiger partial charge in [-0.25, -0.2) is 4.98 Å². The van der Waals surface area contributed by atoms with Crippen LogP contribution in [0, 0.1) is 11.3 Å². The molecule has 0 atom stereocenters. The van der Waals surface area contributed by atoms with E-state index < -0.39 is 0 Å². The van der Waals surface area contributed by atoms with Gasteiger partial charge in [0.25, 0.3) is 0 Å². The average molecular weight is 280 g/mol. The first-order valence-electron chi connectivity index (χ1n) is 4.12. The van der Waals surface area contributed by atoms with Crippen LogP contribution >= 0.6 is 27.3 Å². The number of anilines is 1. The van der Waals surface area contributed by atoms with Gasteiger partial charge in [0.05, 0.1) is 3.79 Å². The molecule has 0 bridgehead atoms. The fourth-order valence-corrected chi connectivity index (χ4v) is 2.68. The van der Waals surface area contributed by atoms with Crippen LogP contribution in [0.3, 0.4) is 0 Å². The molecule has 0 amide bonds. The summed E-state index contributed by atoms with van der Waals surface area (Å²) in [6.45, 7) is 0. The first kappa shape index (κ1) is 10.1. The number of nitrogens with zero attached hydrogens (tertiary/aromatic N) is 2. The zero-order valence-corrected chi connectivity index (χ0v) is 9.97. The molecule has 74 valence electrons. The highest BCUT2D eigenvalue weighted by Gasteiger charge is 2.10. The van der Waals surface area contributed by atoms with Gasteiger partial charge < -0.3 is 5.73 Å². The molecule has 0 aliphatic rings. The van der Waals surface area contributed by atoms with Crippen molar-refractivity contribution < 1.29 is 0 Å². The number of halogens is 1. The van der Waals surface area contributed by atoms with E-state index in [1.807, 2.05) is 12.1 Å². The lowest BCUT2D eigenvalue weighted by atomic mass is 10.1. The SMILES string of the molecule is N#Cc1c(-c2ccc(Br)s2)ccnc1N. The second kappa shape index (κ2) is 4.01. The standard InChI is InChI=1S/C10H6BrN3S/c11-9-2-1-8(15-9)6-3-4-14-10(13)7(6)5-12/h1-4H,(H2,13,14). The maximum absolute atomic E-state index is 8.99.